The van der Waals surface area contributed by atoms with Crippen molar-refractivity contribution in [3.63, 3.8) is 0 Å². The number of nitrogens with zero attached hydrogens (tertiary/aromatic N) is 2. The number of halogens is 3. The molecule has 6 nitrogen and oxygen atoms in total. The molecule has 9 heteroatoms. The van der Waals surface area contributed by atoms with Crippen LogP contribution in [-0.2, 0) is 6.18 Å². The fraction of sp³-hybridized carbons (Fsp3) is 0.360. The van der Waals surface area contributed by atoms with Gasteiger partial charge in [0.1, 0.15) is 22.9 Å². The molecule has 3 rings (SSSR count). The molecule has 182 valence electrons. The van der Waals surface area contributed by atoms with Gasteiger partial charge in [0.2, 0.25) is 5.95 Å². The van der Waals surface area contributed by atoms with Gasteiger partial charge >= 0.3 is 6.18 Å². The number of alkyl halides is 3. The number of benzene rings is 2. The maximum atomic E-state index is 13.6. The Morgan fingerprint density at radius 3 is 2.32 bits per heavy atom. The van der Waals surface area contributed by atoms with Crippen molar-refractivity contribution in [1.29, 1.82) is 0 Å². The van der Waals surface area contributed by atoms with Crippen LogP contribution in [0.25, 0.3) is 0 Å². The van der Waals surface area contributed by atoms with Gasteiger partial charge in [-0.05, 0) is 49.2 Å². The summed E-state index contributed by atoms with van der Waals surface area (Å²) >= 11 is 0. The highest BCUT2D eigenvalue weighted by Crippen LogP contribution is 2.37. The molecule has 0 bridgehead atoms. The third kappa shape index (κ3) is 7.26. The minimum Gasteiger partial charge on any atom is -0.494 e. The predicted molar refractivity (Wildman–Crippen MR) is 127 cm³/mol. The van der Waals surface area contributed by atoms with Gasteiger partial charge in [0.25, 0.3) is 0 Å². The van der Waals surface area contributed by atoms with Crippen molar-refractivity contribution in [1.82, 2.24) is 9.97 Å². The molecule has 0 radical (unpaired) electrons. The van der Waals surface area contributed by atoms with Crippen LogP contribution < -0.4 is 20.1 Å². The lowest BCUT2D eigenvalue weighted by molar-refractivity contribution is -0.137. The quantitative estimate of drug-likeness (QED) is 0.268. The molecule has 0 fully saturated rings. The van der Waals surface area contributed by atoms with Crippen LogP contribution in [0.4, 0.5) is 36.3 Å². The van der Waals surface area contributed by atoms with Crippen molar-refractivity contribution in [2.45, 2.75) is 45.7 Å². The first kappa shape index (κ1) is 25.1. The molecule has 1 heterocycles. The first-order chi connectivity index (χ1) is 16.4. The van der Waals surface area contributed by atoms with E-state index in [2.05, 4.69) is 27.5 Å². The van der Waals surface area contributed by atoms with E-state index >= 15 is 0 Å². The average molecular weight is 475 g/mol. The molecule has 0 aliphatic rings. The molecule has 0 unspecified atom stereocenters. The Balaban J connectivity index is 1.78. The van der Waals surface area contributed by atoms with Gasteiger partial charge in [0.15, 0.2) is 0 Å². The highest BCUT2D eigenvalue weighted by Gasteiger charge is 2.35. The number of hydrogen-bond donors (Lipinski definition) is 2. The zero-order valence-electron chi connectivity index (χ0n) is 19.3. The van der Waals surface area contributed by atoms with Crippen LogP contribution in [0.1, 0.15) is 45.1 Å². The van der Waals surface area contributed by atoms with Gasteiger partial charge < -0.3 is 20.1 Å². The second-order valence-corrected chi connectivity index (χ2v) is 7.63. The third-order valence-electron chi connectivity index (χ3n) is 4.82. The van der Waals surface area contributed by atoms with Gasteiger partial charge in [-0.3, -0.25) is 0 Å². The molecule has 34 heavy (non-hydrogen) atoms. The summed E-state index contributed by atoms with van der Waals surface area (Å²) < 4.78 is 52.2. The molecular weight excluding hydrogens is 445 g/mol. The van der Waals surface area contributed by atoms with E-state index in [0.29, 0.717) is 30.3 Å². The maximum Gasteiger partial charge on any atom is 0.421 e. The van der Waals surface area contributed by atoms with Crippen LogP contribution in [0, 0.1) is 0 Å². The van der Waals surface area contributed by atoms with E-state index in [1.165, 1.54) is 0 Å². The molecule has 0 aliphatic carbocycles. The largest absolute Gasteiger partial charge is 0.494 e. The van der Waals surface area contributed by atoms with Gasteiger partial charge in [-0.1, -0.05) is 38.8 Å². The minimum atomic E-state index is -4.63. The minimum absolute atomic E-state index is 0.0269. The van der Waals surface area contributed by atoms with Gasteiger partial charge in [-0.2, -0.15) is 18.2 Å². The number of para-hydroxylation sites is 2. The Morgan fingerprint density at radius 2 is 1.62 bits per heavy atom. The number of anilines is 4. The third-order valence-corrected chi connectivity index (χ3v) is 4.82. The highest BCUT2D eigenvalue weighted by molar-refractivity contribution is 5.67. The fourth-order valence-electron chi connectivity index (χ4n) is 3.09. The lowest BCUT2D eigenvalue weighted by Crippen LogP contribution is -2.13. The number of rotatable bonds is 12. The SMILES string of the molecule is CCCCCOc1ccc(Nc2ncc(C(F)(F)F)c(Nc3ccccc3OCCC)n2)cc1. The summed E-state index contributed by atoms with van der Waals surface area (Å²) in [6.45, 7) is 5.16. The van der Waals surface area contributed by atoms with Crippen molar-refractivity contribution < 1.29 is 22.6 Å². The molecule has 0 saturated heterocycles. The Kier molecular flexibility index (Phi) is 8.95. The lowest BCUT2D eigenvalue weighted by atomic mass is 10.2. The maximum absolute atomic E-state index is 13.6. The number of unbranched alkanes of at least 4 members (excludes halogenated alkanes) is 2. The zero-order chi connectivity index (χ0) is 24.4. The topological polar surface area (TPSA) is 68.3 Å². The van der Waals surface area contributed by atoms with Crippen molar-refractivity contribution in [3.8, 4) is 11.5 Å². The summed E-state index contributed by atoms with van der Waals surface area (Å²) in [5, 5.41) is 5.71. The van der Waals surface area contributed by atoms with Crippen LogP contribution >= 0.6 is 0 Å². The van der Waals surface area contributed by atoms with E-state index in [1.807, 2.05) is 6.92 Å². The second-order valence-electron chi connectivity index (χ2n) is 7.63. The molecular formula is C25H29F3N4O2. The smallest absolute Gasteiger partial charge is 0.421 e. The summed E-state index contributed by atoms with van der Waals surface area (Å²) in [5.41, 5.74) is 0.0353. The predicted octanol–water partition coefficient (Wildman–Crippen LogP) is 7.34. The number of aromatic nitrogens is 2. The zero-order valence-corrected chi connectivity index (χ0v) is 19.3. The second kappa shape index (κ2) is 12.1. The van der Waals surface area contributed by atoms with Crippen LogP contribution in [0.5, 0.6) is 11.5 Å². The molecule has 0 amide bonds. The molecule has 0 atom stereocenters. The van der Waals surface area contributed by atoms with Crippen LogP contribution in [0.3, 0.4) is 0 Å². The number of ether oxygens (including phenoxy) is 2. The Hall–Kier alpha value is -3.49. The fourth-order valence-corrected chi connectivity index (χ4v) is 3.09. The van der Waals surface area contributed by atoms with Gasteiger partial charge in [0.05, 0.1) is 18.9 Å². The van der Waals surface area contributed by atoms with Crippen molar-refractivity contribution in [3.05, 3.63) is 60.3 Å². The average Bonchev–Trinajstić information content (AvgIpc) is 2.82. The summed E-state index contributed by atoms with van der Waals surface area (Å²) in [7, 11) is 0. The van der Waals surface area contributed by atoms with Crippen LogP contribution in [-0.4, -0.2) is 23.2 Å². The van der Waals surface area contributed by atoms with Crippen LogP contribution in [0.2, 0.25) is 0 Å². The van der Waals surface area contributed by atoms with Gasteiger partial charge in [-0.25, -0.2) is 4.98 Å². The van der Waals surface area contributed by atoms with Gasteiger partial charge in [0, 0.05) is 11.9 Å². The molecule has 0 spiro atoms. The standard InChI is InChI=1S/C25H29F3N4O2/c1-3-5-8-16-33-19-13-11-18(12-14-19)30-24-29-17-20(25(26,27)28)23(32-24)31-21-9-6-7-10-22(21)34-15-4-2/h6-7,9-14,17H,3-5,8,15-16H2,1-2H3,(H2,29,30,31,32). The van der Waals surface area contributed by atoms with E-state index in [9.17, 15) is 13.2 Å². The van der Waals surface area contributed by atoms with Gasteiger partial charge in [-0.15, -0.1) is 0 Å². The molecule has 1 aromatic heterocycles. The molecule has 3 aromatic rings. The van der Waals surface area contributed by atoms with Crippen molar-refractivity contribution in [2.24, 2.45) is 0 Å². The Bertz CT molecular complexity index is 1040. The first-order valence-corrected chi connectivity index (χ1v) is 11.3. The van der Waals surface area contributed by atoms with Crippen molar-refractivity contribution in [2.75, 3.05) is 23.8 Å². The summed E-state index contributed by atoms with van der Waals surface area (Å²) in [6, 6.07) is 13.9. The summed E-state index contributed by atoms with van der Waals surface area (Å²) in [5.74, 6) is 0.827. The van der Waals surface area contributed by atoms with E-state index in [1.54, 1.807) is 48.5 Å². The van der Waals surface area contributed by atoms with E-state index in [-0.39, 0.29) is 11.8 Å². The van der Waals surface area contributed by atoms with E-state index in [0.717, 1.165) is 37.6 Å². The first-order valence-electron chi connectivity index (χ1n) is 11.3. The molecule has 2 aromatic carbocycles. The van der Waals surface area contributed by atoms with Crippen LogP contribution in [0.15, 0.2) is 54.7 Å². The highest BCUT2D eigenvalue weighted by atomic mass is 19.4. The Morgan fingerprint density at radius 1 is 0.853 bits per heavy atom. The number of hydrogen-bond acceptors (Lipinski definition) is 6. The summed E-state index contributed by atoms with van der Waals surface area (Å²) in [6.07, 6.45) is 0.115. The molecule has 0 saturated carbocycles. The molecule has 2 N–H and O–H groups in total. The van der Waals surface area contributed by atoms with Crippen molar-refractivity contribution >= 4 is 23.1 Å². The number of nitrogens with one attached hydrogen (secondary N) is 2. The lowest BCUT2D eigenvalue weighted by Gasteiger charge is -2.17. The normalized spacial score (nSPS) is 11.2. The van der Waals surface area contributed by atoms with E-state index < -0.39 is 11.7 Å². The monoisotopic (exact) mass is 474 g/mol. The molecule has 0 aliphatic heterocycles. The van der Waals surface area contributed by atoms with E-state index in [4.69, 9.17) is 9.47 Å². The Labute approximate surface area is 197 Å². The summed E-state index contributed by atoms with van der Waals surface area (Å²) in [4.78, 5) is 7.97.